The molecule has 1 aromatic carbocycles. The molecule has 0 spiro atoms. The van der Waals surface area contributed by atoms with Crippen molar-refractivity contribution in [2.45, 2.75) is 38.0 Å². The van der Waals surface area contributed by atoms with E-state index < -0.39 is 0 Å². The number of nitrogen functional groups attached to an aromatic ring is 1. The van der Waals surface area contributed by atoms with Gasteiger partial charge in [0, 0.05) is 20.0 Å². The van der Waals surface area contributed by atoms with Crippen LogP contribution in [0.3, 0.4) is 0 Å². The number of hydrogen-bond acceptors (Lipinski definition) is 3. The first-order valence-electron chi connectivity index (χ1n) is 7.11. The molecule has 1 aromatic heterocycles. The van der Waals surface area contributed by atoms with Crippen LogP contribution in [0.1, 0.15) is 43.8 Å². The summed E-state index contributed by atoms with van der Waals surface area (Å²) in [5.41, 5.74) is 10.0. The van der Waals surface area contributed by atoms with Crippen LogP contribution in [0.2, 0.25) is 0 Å². The maximum atomic E-state index is 6.08. The molecule has 0 bridgehead atoms. The molecule has 1 heterocycles. The van der Waals surface area contributed by atoms with E-state index in [1.165, 1.54) is 32.1 Å². The molecule has 4 heteroatoms. The van der Waals surface area contributed by atoms with Crippen LogP contribution in [0.15, 0.2) is 12.1 Å². The summed E-state index contributed by atoms with van der Waals surface area (Å²) in [6.07, 6.45) is 6.54. The van der Waals surface area contributed by atoms with Crippen LogP contribution in [-0.2, 0) is 0 Å². The first-order valence-corrected chi connectivity index (χ1v) is 7.11. The summed E-state index contributed by atoms with van der Waals surface area (Å²) in [4.78, 5) is 10.3. The van der Waals surface area contributed by atoms with E-state index in [-0.39, 0.29) is 0 Å². The standard InChI is InChI=1S/C15H22N4/c1-19(2)14-9-13-12(8-11(14)16)17-15(18-13)10-6-4-3-5-7-10/h8-10H,3-7,16H2,1-2H3,(H,17,18). The van der Waals surface area contributed by atoms with E-state index in [1.807, 2.05) is 25.1 Å². The molecule has 3 rings (SSSR count). The second-order valence-corrected chi connectivity index (χ2v) is 5.78. The van der Waals surface area contributed by atoms with Crippen LogP contribution in [0, 0.1) is 0 Å². The van der Waals surface area contributed by atoms with Gasteiger partial charge in [0.05, 0.1) is 22.4 Å². The van der Waals surface area contributed by atoms with E-state index in [1.54, 1.807) is 0 Å². The highest BCUT2D eigenvalue weighted by Gasteiger charge is 2.19. The summed E-state index contributed by atoms with van der Waals surface area (Å²) >= 11 is 0. The van der Waals surface area contributed by atoms with Crippen LogP contribution in [-0.4, -0.2) is 24.1 Å². The third-order valence-electron chi connectivity index (χ3n) is 4.12. The van der Waals surface area contributed by atoms with E-state index >= 15 is 0 Å². The van der Waals surface area contributed by atoms with Gasteiger partial charge in [0.2, 0.25) is 0 Å². The largest absolute Gasteiger partial charge is 0.397 e. The zero-order valence-electron chi connectivity index (χ0n) is 11.7. The quantitative estimate of drug-likeness (QED) is 0.813. The molecule has 102 valence electrons. The normalized spacial score (nSPS) is 16.9. The number of imidazole rings is 1. The van der Waals surface area contributed by atoms with Crippen LogP contribution in [0.5, 0.6) is 0 Å². The molecule has 0 radical (unpaired) electrons. The molecule has 1 saturated carbocycles. The lowest BCUT2D eigenvalue weighted by Crippen LogP contribution is -2.10. The number of nitrogens with zero attached hydrogens (tertiary/aromatic N) is 2. The van der Waals surface area contributed by atoms with Gasteiger partial charge in [-0.15, -0.1) is 0 Å². The molecule has 0 atom stereocenters. The minimum atomic E-state index is 0.602. The molecule has 3 N–H and O–H groups in total. The van der Waals surface area contributed by atoms with Gasteiger partial charge >= 0.3 is 0 Å². The Hall–Kier alpha value is -1.71. The van der Waals surface area contributed by atoms with Crippen LogP contribution in [0.4, 0.5) is 11.4 Å². The number of anilines is 2. The van der Waals surface area contributed by atoms with Crippen molar-refractivity contribution in [2.75, 3.05) is 24.7 Å². The maximum absolute atomic E-state index is 6.08. The molecule has 0 amide bonds. The van der Waals surface area contributed by atoms with Crippen molar-refractivity contribution >= 4 is 22.4 Å². The molecular weight excluding hydrogens is 236 g/mol. The van der Waals surface area contributed by atoms with Gasteiger partial charge in [-0.1, -0.05) is 19.3 Å². The van der Waals surface area contributed by atoms with Crippen molar-refractivity contribution in [1.82, 2.24) is 9.97 Å². The lowest BCUT2D eigenvalue weighted by molar-refractivity contribution is 0.431. The van der Waals surface area contributed by atoms with Gasteiger partial charge in [0.25, 0.3) is 0 Å². The number of rotatable bonds is 2. The summed E-state index contributed by atoms with van der Waals surface area (Å²) in [5, 5.41) is 0. The van der Waals surface area contributed by atoms with Gasteiger partial charge in [0.15, 0.2) is 0 Å². The number of aromatic amines is 1. The fraction of sp³-hybridized carbons (Fsp3) is 0.533. The average molecular weight is 258 g/mol. The highest BCUT2D eigenvalue weighted by atomic mass is 15.1. The Labute approximate surface area is 114 Å². The van der Waals surface area contributed by atoms with Gasteiger partial charge in [-0.25, -0.2) is 4.98 Å². The van der Waals surface area contributed by atoms with Crippen LogP contribution < -0.4 is 10.6 Å². The number of fused-ring (bicyclic) bond motifs is 1. The highest BCUT2D eigenvalue weighted by Crippen LogP contribution is 2.33. The Balaban J connectivity index is 2.00. The Bertz CT molecular complexity index is 579. The molecule has 0 saturated heterocycles. The number of H-pyrrole nitrogens is 1. The Morgan fingerprint density at radius 1 is 1.21 bits per heavy atom. The fourth-order valence-corrected chi connectivity index (χ4v) is 3.04. The summed E-state index contributed by atoms with van der Waals surface area (Å²) < 4.78 is 0. The molecular formula is C15H22N4. The first-order chi connectivity index (χ1) is 9.15. The fourth-order valence-electron chi connectivity index (χ4n) is 3.04. The third-order valence-corrected chi connectivity index (χ3v) is 4.12. The van der Waals surface area contributed by atoms with Gasteiger partial charge < -0.3 is 15.6 Å². The second-order valence-electron chi connectivity index (χ2n) is 5.78. The zero-order valence-corrected chi connectivity index (χ0v) is 11.7. The topological polar surface area (TPSA) is 57.9 Å². The molecule has 2 aromatic rings. The van der Waals surface area contributed by atoms with Gasteiger partial charge in [-0.2, -0.15) is 0 Å². The maximum Gasteiger partial charge on any atom is 0.110 e. The highest BCUT2D eigenvalue weighted by molar-refractivity contribution is 5.87. The van der Waals surface area contributed by atoms with Crippen molar-refractivity contribution < 1.29 is 0 Å². The minimum Gasteiger partial charge on any atom is -0.397 e. The molecule has 0 unspecified atom stereocenters. The molecule has 1 aliphatic rings. The van der Waals surface area contributed by atoms with Crippen LogP contribution >= 0.6 is 0 Å². The number of aromatic nitrogens is 2. The van der Waals surface area contributed by atoms with Crippen molar-refractivity contribution in [1.29, 1.82) is 0 Å². The third kappa shape index (κ3) is 2.27. The lowest BCUT2D eigenvalue weighted by atomic mass is 9.89. The second kappa shape index (κ2) is 4.76. The molecule has 4 nitrogen and oxygen atoms in total. The summed E-state index contributed by atoms with van der Waals surface area (Å²) in [6, 6.07) is 4.08. The Morgan fingerprint density at radius 3 is 2.63 bits per heavy atom. The van der Waals surface area contributed by atoms with Crippen LogP contribution in [0.25, 0.3) is 11.0 Å². The monoisotopic (exact) mass is 258 g/mol. The molecule has 19 heavy (non-hydrogen) atoms. The van der Waals surface area contributed by atoms with E-state index in [9.17, 15) is 0 Å². The summed E-state index contributed by atoms with van der Waals surface area (Å²) in [6.45, 7) is 0. The molecule has 1 aliphatic carbocycles. The number of nitrogens with two attached hydrogens (primary N) is 1. The Kier molecular flexibility index (Phi) is 3.09. The van der Waals surface area contributed by atoms with Crippen molar-refractivity contribution in [2.24, 2.45) is 0 Å². The van der Waals surface area contributed by atoms with Crippen molar-refractivity contribution in [3.63, 3.8) is 0 Å². The number of hydrogen-bond donors (Lipinski definition) is 2. The van der Waals surface area contributed by atoms with Gasteiger partial charge in [-0.3, -0.25) is 0 Å². The van der Waals surface area contributed by atoms with E-state index in [0.29, 0.717) is 5.92 Å². The first kappa shape index (κ1) is 12.3. The van der Waals surface area contributed by atoms with Crippen molar-refractivity contribution in [3.05, 3.63) is 18.0 Å². The van der Waals surface area contributed by atoms with E-state index in [2.05, 4.69) is 11.1 Å². The predicted octanol–water partition coefficient (Wildman–Crippen LogP) is 3.26. The molecule has 1 fully saturated rings. The lowest BCUT2D eigenvalue weighted by Gasteiger charge is -2.18. The minimum absolute atomic E-state index is 0.602. The van der Waals surface area contributed by atoms with Crippen molar-refractivity contribution in [3.8, 4) is 0 Å². The summed E-state index contributed by atoms with van der Waals surface area (Å²) in [7, 11) is 4.02. The van der Waals surface area contributed by atoms with E-state index in [0.717, 1.165) is 28.2 Å². The van der Waals surface area contributed by atoms with Gasteiger partial charge in [0.1, 0.15) is 5.82 Å². The number of nitrogens with one attached hydrogen (secondary N) is 1. The predicted molar refractivity (Wildman–Crippen MR) is 80.7 cm³/mol. The van der Waals surface area contributed by atoms with Gasteiger partial charge in [-0.05, 0) is 25.0 Å². The zero-order chi connectivity index (χ0) is 13.4. The average Bonchev–Trinajstić information content (AvgIpc) is 2.81. The SMILES string of the molecule is CN(C)c1cc2[nH]c(C3CCCCC3)nc2cc1N. The smallest absolute Gasteiger partial charge is 0.110 e. The number of benzene rings is 1. The molecule has 0 aliphatic heterocycles. The van der Waals surface area contributed by atoms with E-state index in [4.69, 9.17) is 10.7 Å². The summed E-state index contributed by atoms with van der Waals surface area (Å²) in [5.74, 6) is 1.75. The Morgan fingerprint density at radius 2 is 1.95 bits per heavy atom.